The number of hydrogen-bond acceptors (Lipinski definition) is 3. The second kappa shape index (κ2) is 7.03. The van der Waals surface area contributed by atoms with E-state index < -0.39 is 0 Å². The van der Waals surface area contributed by atoms with Crippen LogP contribution in [0.5, 0.6) is 0 Å². The molecule has 0 bridgehead atoms. The van der Waals surface area contributed by atoms with Crippen LogP contribution in [-0.2, 0) is 13.0 Å². The van der Waals surface area contributed by atoms with Crippen LogP contribution in [0.4, 0.5) is 9.18 Å². The molecule has 5 nitrogen and oxygen atoms in total. The first-order chi connectivity index (χ1) is 11.6. The van der Waals surface area contributed by atoms with Gasteiger partial charge in [0.15, 0.2) is 0 Å². The van der Waals surface area contributed by atoms with E-state index in [0.717, 1.165) is 41.8 Å². The van der Waals surface area contributed by atoms with E-state index in [9.17, 15) is 9.18 Å². The van der Waals surface area contributed by atoms with Gasteiger partial charge in [-0.2, -0.15) is 0 Å². The van der Waals surface area contributed by atoms with E-state index >= 15 is 0 Å². The Bertz CT molecular complexity index is 712. The summed E-state index contributed by atoms with van der Waals surface area (Å²) in [7, 11) is 0. The lowest BCUT2D eigenvalue weighted by molar-refractivity contribution is 0.192. The van der Waals surface area contributed by atoms with Gasteiger partial charge < -0.3 is 14.7 Å². The predicted octanol–water partition coefficient (Wildman–Crippen LogP) is 3.73. The normalized spacial score (nSPS) is 17.3. The Hall–Kier alpha value is -2.37. The highest BCUT2D eigenvalue weighted by Gasteiger charge is 2.34. The molecule has 0 saturated carbocycles. The van der Waals surface area contributed by atoms with E-state index in [4.69, 9.17) is 4.52 Å². The fourth-order valence-electron chi connectivity index (χ4n) is 3.30. The monoisotopic (exact) mass is 331 g/mol. The van der Waals surface area contributed by atoms with Crippen molar-refractivity contribution in [2.75, 3.05) is 6.54 Å². The number of rotatable bonds is 4. The van der Waals surface area contributed by atoms with Gasteiger partial charge in [0.05, 0.1) is 11.7 Å². The van der Waals surface area contributed by atoms with Crippen molar-refractivity contribution >= 4 is 6.03 Å². The zero-order valence-corrected chi connectivity index (χ0v) is 14.0. The van der Waals surface area contributed by atoms with Crippen molar-refractivity contribution in [3.8, 4) is 0 Å². The van der Waals surface area contributed by atoms with E-state index in [-0.39, 0.29) is 17.9 Å². The van der Waals surface area contributed by atoms with Gasteiger partial charge in [-0.15, -0.1) is 0 Å². The van der Waals surface area contributed by atoms with Gasteiger partial charge in [-0.25, -0.2) is 9.18 Å². The number of carbonyl (C=O) groups is 1. The summed E-state index contributed by atoms with van der Waals surface area (Å²) < 4.78 is 18.3. The molecule has 6 heteroatoms. The second-order valence-corrected chi connectivity index (χ2v) is 6.09. The Morgan fingerprint density at radius 1 is 1.42 bits per heavy atom. The zero-order chi connectivity index (χ0) is 17.1. The minimum Gasteiger partial charge on any atom is -0.361 e. The van der Waals surface area contributed by atoms with Gasteiger partial charge in [-0.05, 0) is 37.5 Å². The van der Waals surface area contributed by atoms with Crippen LogP contribution in [0.1, 0.15) is 48.4 Å². The van der Waals surface area contributed by atoms with Crippen molar-refractivity contribution in [3.63, 3.8) is 0 Å². The highest BCUT2D eigenvalue weighted by Crippen LogP contribution is 2.35. The van der Waals surface area contributed by atoms with Crippen LogP contribution in [0, 0.1) is 12.7 Å². The smallest absolute Gasteiger partial charge is 0.318 e. The maximum absolute atomic E-state index is 12.9. The van der Waals surface area contributed by atoms with Gasteiger partial charge in [0.1, 0.15) is 11.6 Å². The first-order valence-corrected chi connectivity index (χ1v) is 8.34. The molecule has 1 aliphatic heterocycles. The molecule has 0 aliphatic carbocycles. The molecule has 1 aliphatic rings. The quantitative estimate of drug-likeness (QED) is 0.928. The summed E-state index contributed by atoms with van der Waals surface area (Å²) in [4.78, 5) is 14.4. The minimum absolute atomic E-state index is 0.0133. The third-order valence-corrected chi connectivity index (χ3v) is 4.51. The molecule has 0 unspecified atom stereocenters. The van der Waals surface area contributed by atoms with Gasteiger partial charge in [0, 0.05) is 25.1 Å². The van der Waals surface area contributed by atoms with Crippen LogP contribution >= 0.6 is 0 Å². The lowest BCUT2D eigenvalue weighted by Crippen LogP contribution is -2.39. The Labute approximate surface area is 140 Å². The number of aromatic nitrogens is 1. The first kappa shape index (κ1) is 16.5. The maximum Gasteiger partial charge on any atom is 0.318 e. The Balaban J connectivity index is 1.69. The largest absolute Gasteiger partial charge is 0.361 e. The Kier molecular flexibility index (Phi) is 4.83. The van der Waals surface area contributed by atoms with Crippen molar-refractivity contribution in [3.05, 3.63) is 52.7 Å². The molecule has 2 amide bonds. The summed E-state index contributed by atoms with van der Waals surface area (Å²) in [5.41, 5.74) is 2.78. The number of benzene rings is 1. The molecular formula is C18H22FN3O2. The molecule has 0 radical (unpaired) electrons. The summed E-state index contributed by atoms with van der Waals surface area (Å²) in [5.74, 6) is 0.579. The number of urea groups is 1. The van der Waals surface area contributed by atoms with Gasteiger partial charge in [0.25, 0.3) is 0 Å². The molecule has 0 spiro atoms. The number of halogens is 1. The minimum atomic E-state index is -0.278. The molecular weight excluding hydrogens is 309 g/mol. The number of carbonyl (C=O) groups excluding carboxylic acids is 1. The average Bonchev–Trinajstić information content (AvgIpc) is 3.19. The average molecular weight is 331 g/mol. The summed E-state index contributed by atoms with van der Waals surface area (Å²) >= 11 is 0. The number of nitrogens with zero attached hydrogens (tertiary/aromatic N) is 2. The van der Waals surface area contributed by atoms with Crippen LogP contribution in [0.3, 0.4) is 0 Å². The molecule has 1 atom stereocenters. The first-order valence-electron chi connectivity index (χ1n) is 8.34. The van der Waals surface area contributed by atoms with Gasteiger partial charge >= 0.3 is 6.03 Å². The van der Waals surface area contributed by atoms with Crippen molar-refractivity contribution in [1.82, 2.24) is 15.4 Å². The van der Waals surface area contributed by atoms with Crippen LogP contribution in [0.25, 0.3) is 0 Å². The number of likely N-dealkylation sites (tertiary alicyclic amines) is 1. The van der Waals surface area contributed by atoms with Crippen molar-refractivity contribution < 1.29 is 13.7 Å². The topological polar surface area (TPSA) is 58.4 Å². The molecule has 2 heterocycles. The summed E-state index contributed by atoms with van der Waals surface area (Å²) in [6, 6.07) is 6.05. The van der Waals surface area contributed by atoms with Crippen LogP contribution in [-0.4, -0.2) is 22.6 Å². The second-order valence-electron chi connectivity index (χ2n) is 6.09. The fourth-order valence-corrected chi connectivity index (χ4v) is 3.30. The molecule has 1 fully saturated rings. The number of hydrogen-bond donors (Lipinski definition) is 1. The molecule has 1 saturated heterocycles. The highest BCUT2D eigenvalue weighted by atomic mass is 19.1. The SMILES string of the molecule is CCc1onc(C)c1[C@H]1CCCN1C(=O)NCc1ccc(F)cc1. The molecule has 1 N–H and O–H groups in total. The lowest BCUT2D eigenvalue weighted by Gasteiger charge is -2.25. The number of amides is 2. The third kappa shape index (κ3) is 3.27. The molecule has 24 heavy (non-hydrogen) atoms. The third-order valence-electron chi connectivity index (χ3n) is 4.51. The fraction of sp³-hybridized carbons (Fsp3) is 0.444. The van der Waals surface area contributed by atoms with E-state index in [2.05, 4.69) is 10.5 Å². The van der Waals surface area contributed by atoms with E-state index in [1.54, 1.807) is 12.1 Å². The standard InChI is InChI=1S/C18H22FN3O2/c1-3-16-17(12(2)21-24-16)15-5-4-10-22(15)18(23)20-11-13-6-8-14(19)9-7-13/h6-9,15H,3-5,10-11H2,1-2H3,(H,20,23)/t15-/m1/s1. The molecule has 1 aromatic heterocycles. The van der Waals surface area contributed by atoms with Gasteiger partial charge in [0.2, 0.25) is 0 Å². The molecule has 2 aromatic rings. The van der Waals surface area contributed by atoms with Crippen molar-refractivity contribution in [2.45, 2.75) is 45.7 Å². The predicted molar refractivity (Wildman–Crippen MR) is 87.9 cm³/mol. The Morgan fingerprint density at radius 2 is 2.17 bits per heavy atom. The maximum atomic E-state index is 12.9. The Morgan fingerprint density at radius 3 is 2.88 bits per heavy atom. The van der Waals surface area contributed by atoms with Gasteiger partial charge in [-0.1, -0.05) is 24.2 Å². The van der Waals surface area contributed by atoms with Crippen LogP contribution in [0.15, 0.2) is 28.8 Å². The number of aryl methyl sites for hydroxylation is 2. The zero-order valence-electron chi connectivity index (χ0n) is 14.0. The van der Waals surface area contributed by atoms with Gasteiger partial charge in [-0.3, -0.25) is 0 Å². The summed E-state index contributed by atoms with van der Waals surface area (Å²) in [6.45, 7) is 5.04. The van der Waals surface area contributed by atoms with E-state index in [0.29, 0.717) is 13.1 Å². The van der Waals surface area contributed by atoms with Crippen LogP contribution in [0.2, 0.25) is 0 Å². The summed E-state index contributed by atoms with van der Waals surface area (Å²) in [6.07, 6.45) is 2.64. The lowest BCUT2D eigenvalue weighted by atomic mass is 10.0. The van der Waals surface area contributed by atoms with E-state index in [1.165, 1.54) is 12.1 Å². The molecule has 3 rings (SSSR count). The summed E-state index contributed by atoms with van der Waals surface area (Å²) in [5, 5.41) is 6.98. The van der Waals surface area contributed by atoms with Crippen molar-refractivity contribution in [2.24, 2.45) is 0 Å². The molecule has 1 aromatic carbocycles. The van der Waals surface area contributed by atoms with E-state index in [1.807, 2.05) is 18.7 Å². The highest BCUT2D eigenvalue weighted by molar-refractivity contribution is 5.75. The van der Waals surface area contributed by atoms with Crippen LogP contribution < -0.4 is 5.32 Å². The van der Waals surface area contributed by atoms with Crippen molar-refractivity contribution in [1.29, 1.82) is 0 Å². The molecule has 128 valence electrons. The number of nitrogens with one attached hydrogen (secondary N) is 1.